The van der Waals surface area contributed by atoms with Gasteiger partial charge in [-0.2, -0.15) is 8.42 Å². The Morgan fingerprint density at radius 1 is 1.04 bits per heavy atom. The van der Waals surface area contributed by atoms with E-state index in [0.717, 1.165) is 16.5 Å². The van der Waals surface area contributed by atoms with Crippen LogP contribution in [-0.4, -0.2) is 60.8 Å². The van der Waals surface area contributed by atoms with Crippen LogP contribution in [0.15, 0.2) is 36.4 Å². The third-order valence-electron chi connectivity index (χ3n) is 4.07. The summed E-state index contributed by atoms with van der Waals surface area (Å²) < 4.78 is 40.0. The Morgan fingerprint density at radius 2 is 1.68 bits per heavy atom. The number of benzene rings is 2. The van der Waals surface area contributed by atoms with E-state index in [2.05, 4.69) is 0 Å². The average molecular weight is 400 g/mol. The van der Waals surface area contributed by atoms with Crippen LogP contribution in [-0.2, 0) is 21.2 Å². The quantitative estimate of drug-likeness (QED) is 0.239. The van der Waals surface area contributed by atoms with Crippen molar-refractivity contribution in [2.24, 2.45) is 0 Å². The lowest BCUT2D eigenvalue weighted by Gasteiger charge is -2.13. The second-order valence-electron chi connectivity index (χ2n) is 6.30. The number of hydrogen-bond acceptors (Lipinski definition) is 6. The Bertz CT molecular complexity index is 989. The van der Waals surface area contributed by atoms with E-state index in [1.165, 1.54) is 24.3 Å². The van der Waals surface area contributed by atoms with Gasteiger partial charge in [-0.25, -0.2) is 9.59 Å². The summed E-state index contributed by atoms with van der Waals surface area (Å²) in [6.07, 6.45) is 0.699. The van der Waals surface area contributed by atoms with Gasteiger partial charge in [-0.3, -0.25) is 4.55 Å². The van der Waals surface area contributed by atoms with E-state index in [1.807, 2.05) is 29.6 Å². The lowest BCUT2D eigenvalue weighted by atomic mass is 9.77. The van der Waals surface area contributed by atoms with Crippen molar-refractivity contribution in [2.75, 3.05) is 12.4 Å². The van der Waals surface area contributed by atoms with Crippen molar-refractivity contribution in [1.29, 1.82) is 0 Å². The van der Waals surface area contributed by atoms with Gasteiger partial charge in [-0.05, 0) is 29.8 Å². The van der Waals surface area contributed by atoms with Crippen LogP contribution < -0.4 is 15.7 Å². The molecule has 2 aromatic rings. The third-order valence-corrected chi connectivity index (χ3v) is 4.75. The Labute approximate surface area is 166 Å². The molecule has 0 atom stereocenters. The molecule has 1 N–H and O–H groups in total. The maximum atomic E-state index is 12.6. The number of rotatable bonds is 7. The summed E-state index contributed by atoms with van der Waals surface area (Å²) in [5, 5.41) is 0. The second-order valence-corrected chi connectivity index (χ2v) is 7.87. The normalized spacial score (nSPS) is 11.0. The lowest BCUT2D eigenvalue weighted by molar-refractivity contribution is 0.0528. The summed E-state index contributed by atoms with van der Waals surface area (Å²) in [6, 6.07) is 9.51. The molecule has 0 aliphatic rings. The van der Waals surface area contributed by atoms with Crippen LogP contribution in [0.2, 0.25) is 0 Å². The van der Waals surface area contributed by atoms with Crippen LogP contribution in [0, 0.1) is 0 Å². The molecule has 0 saturated heterocycles. The molecule has 2 rings (SSSR count). The molecule has 0 unspecified atom stereocenters. The first-order valence-electron chi connectivity index (χ1n) is 8.65. The SMILES string of the molecule is BCc1c(B)cc(B)cc1C(=O)Oc1ccc(C(=O)OCCS(=O)(=O)O)cc1. The molecule has 0 spiro atoms. The van der Waals surface area contributed by atoms with Gasteiger partial charge >= 0.3 is 11.9 Å². The molecule has 0 aromatic heterocycles. The Kier molecular flexibility index (Phi) is 7.09. The van der Waals surface area contributed by atoms with Crippen molar-refractivity contribution in [3.8, 4) is 5.75 Å². The van der Waals surface area contributed by atoms with E-state index in [0.29, 0.717) is 11.9 Å². The maximum absolute atomic E-state index is 12.6. The van der Waals surface area contributed by atoms with Crippen molar-refractivity contribution in [1.82, 2.24) is 0 Å². The zero-order chi connectivity index (χ0) is 20.9. The van der Waals surface area contributed by atoms with E-state index in [-0.39, 0.29) is 11.3 Å². The molecular formula is C17H19B3O7S. The van der Waals surface area contributed by atoms with Crippen LogP contribution in [0.1, 0.15) is 26.3 Å². The van der Waals surface area contributed by atoms with Crippen molar-refractivity contribution < 1.29 is 32.0 Å². The molecule has 28 heavy (non-hydrogen) atoms. The van der Waals surface area contributed by atoms with Gasteiger partial charge in [-0.1, -0.05) is 29.4 Å². The summed E-state index contributed by atoms with van der Waals surface area (Å²) in [6.45, 7) is -0.457. The third kappa shape index (κ3) is 6.00. The van der Waals surface area contributed by atoms with Gasteiger partial charge in [0.1, 0.15) is 41.6 Å². The predicted molar refractivity (Wildman–Crippen MR) is 113 cm³/mol. The van der Waals surface area contributed by atoms with Gasteiger partial charge in [0.05, 0.1) is 11.1 Å². The van der Waals surface area contributed by atoms with Crippen molar-refractivity contribution in [3.05, 3.63) is 53.1 Å². The highest BCUT2D eigenvalue weighted by Gasteiger charge is 2.16. The summed E-state index contributed by atoms with van der Waals surface area (Å²) in [5.41, 5.74) is 3.58. The number of ether oxygens (including phenoxy) is 2. The molecule has 7 nitrogen and oxygen atoms in total. The standard InChI is InChI=1S/C17H19B3O7S/c18-9-14-13(7-11(19)8-15(14)20)17(22)27-12-3-1-10(2-4-12)16(21)26-5-6-28(23,24)25/h1-4,7-8H,5-6,9,18-20H2,(H,23,24,25). The topological polar surface area (TPSA) is 107 Å². The molecule has 0 bridgehead atoms. The molecule has 0 saturated carbocycles. The van der Waals surface area contributed by atoms with Crippen LogP contribution in [0.3, 0.4) is 0 Å². The van der Waals surface area contributed by atoms with Crippen LogP contribution in [0.25, 0.3) is 0 Å². The zero-order valence-electron chi connectivity index (χ0n) is 15.9. The highest BCUT2D eigenvalue weighted by molar-refractivity contribution is 7.85. The highest BCUT2D eigenvalue weighted by Crippen LogP contribution is 2.16. The molecule has 0 aliphatic heterocycles. The van der Waals surface area contributed by atoms with Crippen molar-refractivity contribution in [3.63, 3.8) is 0 Å². The second kappa shape index (κ2) is 9.12. The Balaban J connectivity index is 2.06. The lowest BCUT2D eigenvalue weighted by Crippen LogP contribution is -2.25. The largest absolute Gasteiger partial charge is 0.461 e. The van der Waals surface area contributed by atoms with Crippen molar-refractivity contribution in [2.45, 2.75) is 6.32 Å². The van der Waals surface area contributed by atoms with E-state index in [4.69, 9.17) is 14.0 Å². The fourth-order valence-corrected chi connectivity index (χ4v) is 3.09. The molecule has 11 heteroatoms. The van der Waals surface area contributed by atoms with Gasteiger partial charge < -0.3 is 9.47 Å². The molecule has 144 valence electrons. The van der Waals surface area contributed by atoms with Gasteiger partial charge in [0.25, 0.3) is 10.1 Å². The molecule has 0 fully saturated rings. The minimum absolute atomic E-state index is 0.163. The average Bonchev–Trinajstić information content (AvgIpc) is 2.60. The zero-order valence-corrected chi connectivity index (χ0v) is 16.7. The maximum Gasteiger partial charge on any atom is 0.343 e. The van der Waals surface area contributed by atoms with Gasteiger partial charge in [0.15, 0.2) is 0 Å². The first-order valence-corrected chi connectivity index (χ1v) is 10.3. The molecule has 0 aliphatic carbocycles. The highest BCUT2D eigenvalue weighted by atomic mass is 32.2. The summed E-state index contributed by atoms with van der Waals surface area (Å²) in [7, 11) is 1.63. The monoisotopic (exact) mass is 400 g/mol. The summed E-state index contributed by atoms with van der Waals surface area (Å²) in [5.74, 6) is -1.64. The number of hydrogen-bond donors (Lipinski definition) is 1. The minimum atomic E-state index is -4.20. The van der Waals surface area contributed by atoms with E-state index < -0.39 is 34.4 Å². The first-order chi connectivity index (χ1) is 13.1. The van der Waals surface area contributed by atoms with Gasteiger partial charge in [-0.15, -0.1) is 0 Å². The van der Waals surface area contributed by atoms with Gasteiger partial charge in [0.2, 0.25) is 0 Å². The van der Waals surface area contributed by atoms with E-state index in [1.54, 1.807) is 6.07 Å². The molecular weight excluding hydrogens is 381 g/mol. The number of carbonyl (C=O) groups excluding carboxylic acids is 2. The number of esters is 2. The molecule has 0 heterocycles. The van der Waals surface area contributed by atoms with Crippen LogP contribution in [0.5, 0.6) is 5.75 Å². The van der Waals surface area contributed by atoms with Crippen LogP contribution in [0.4, 0.5) is 0 Å². The summed E-state index contributed by atoms with van der Waals surface area (Å²) >= 11 is 0. The summed E-state index contributed by atoms with van der Waals surface area (Å²) in [4.78, 5) is 24.4. The first kappa shape index (κ1) is 21.8. The predicted octanol–water partition coefficient (Wildman–Crippen LogP) is -2.40. The molecule has 0 amide bonds. The van der Waals surface area contributed by atoms with E-state index >= 15 is 0 Å². The molecule has 0 radical (unpaired) electrons. The Hall–Kier alpha value is -2.52. The minimum Gasteiger partial charge on any atom is -0.461 e. The smallest absolute Gasteiger partial charge is 0.343 e. The fraction of sp³-hybridized carbons (Fsp3) is 0.176. The van der Waals surface area contributed by atoms with Gasteiger partial charge in [0, 0.05) is 0 Å². The fourth-order valence-electron chi connectivity index (χ4n) is 2.79. The number of carbonyl (C=O) groups is 2. The van der Waals surface area contributed by atoms with E-state index in [9.17, 15) is 18.0 Å². The Morgan fingerprint density at radius 3 is 2.25 bits per heavy atom. The molecule has 2 aromatic carbocycles. The van der Waals surface area contributed by atoms with Crippen LogP contribution >= 0.6 is 0 Å². The van der Waals surface area contributed by atoms with Crippen molar-refractivity contribution >= 4 is 56.5 Å².